The number of carbonyl (C=O) groups excluding carboxylic acids is 1. The lowest BCUT2D eigenvalue weighted by Gasteiger charge is -2.66. The molecule has 5 heterocycles. The zero-order valence-corrected chi connectivity index (χ0v) is 63.9. The van der Waals surface area contributed by atoms with E-state index in [1.807, 2.05) is 0 Å². The largest absolute Gasteiger partial charge is 0.487 e. The summed E-state index contributed by atoms with van der Waals surface area (Å²) in [5, 5.41) is 0. The highest BCUT2D eigenvalue weighted by Crippen LogP contribution is 2.70. The normalized spacial score (nSPS) is 27.7. The van der Waals surface area contributed by atoms with Crippen LogP contribution in [0.4, 0.5) is 0 Å². The number of hydrogen-bond donors (Lipinski definition) is 0. The Morgan fingerprint density at radius 3 is 1.03 bits per heavy atom. The van der Waals surface area contributed by atoms with Crippen LogP contribution in [0.25, 0.3) is 0 Å². The van der Waals surface area contributed by atoms with Crippen LogP contribution in [0.2, 0.25) is 0 Å². The lowest BCUT2D eigenvalue weighted by atomic mass is 9.49. The summed E-state index contributed by atoms with van der Waals surface area (Å²) in [6, 6.07) is 0. The van der Waals surface area contributed by atoms with Gasteiger partial charge in [-0.1, -0.05) is 224 Å². The van der Waals surface area contributed by atoms with Crippen LogP contribution in [-0.4, -0.2) is 34.0 Å². The number of fused-ring (bicyclic) bond motifs is 6. The van der Waals surface area contributed by atoms with Gasteiger partial charge in [-0.3, -0.25) is 4.79 Å². The second-order valence-corrected chi connectivity index (χ2v) is 35.6. The number of hydrogen-bond acceptors (Lipinski definition) is 6. The minimum Gasteiger partial charge on any atom is -0.487 e. The summed E-state index contributed by atoms with van der Waals surface area (Å²) in [4.78, 5) is 16.3. The van der Waals surface area contributed by atoms with Gasteiger partial charge in [-0.15, -0.1) is 0 Å². The quantitative estimate of drug-likeness (QED) is 0.0677. The molecule has 0 aromatic heterocycles. The van der Waals surface area contributed by atoms with Crippen LogP contribution in [0.1, 0.15) is 361 Å². The Labute approximate surface area is 566 Å². The molecular weight excluding hydrogens is 1130 g/mol. The van der Waals surface area contributed by atoms with E-state index in [0.29, 0.717) is 18.8 Å². The minimum absolute atomic E-state index is 0.109. The van der Waals surface area contributed by atoms with Crippen molar-refractivity contribution in [2.75, 3.05) is 0 Å². The summed E-state index contributed by atoms with van der Waals surface area (Å²) in [5.41, 5.74) is 8.13. The monoisotopic (exact) mass is 1270 g/mol. The molecule has 6 aliphatic rings. The Hall–Kier alpha value is -2.99. The maximum atomic E-state index is 16.3. The van der Waals surface area contributed by atoms with E-state index >= 15 is 4.79 Å². The van der Waals surface area contributed by atoms with Gasteiger partial charge in [-0.2, -0.15) is 0 Å². The minimum atomic E-state index is -1.24. The first-order valence-corrected chi connectivity index (χ1v) is 39.4. The predicted molar refractivity (Wildman–Crippen MR) is 389 cm³/mol. The molecule has 0 bridgehead atoms. The van der Waals surface area contributed by atoms with Crippen molar-refractivity contribution in [1.82, 2.24) is 0 Å². The molecule has 1 fully saturated rings. The maximum absolute atomic E-state index is 16.3. The fourth-order valence-electron chi connectivity index (χ4n) is 18.7. The third-order valence-electron chi connectivity index (χ3n) is 25.7. The van der Waals surface area contributed by atoms with Crippen molar-refractivity contribution in [3.8, 4) is 23.0 Å². The van der Waals surface area contributed by atoms with E-state index in [1.54, 1.807) is 0 Å². The molecule has 5 aliphatic heterocycles. The van der Waals surface area contributed by atoms with Gasteiger partial charge in [0.15, 0.2) is 5.60 Å². The number of benzene rings is 2. The fourth-order valence-corrected chi connectivity index (χ4v) is 18.7. The molecule has 2 aromatic rings. The van der Waals surface area contributed by atoms with E-state index in [9.17, 15) is 0 Å². The van der Waals surface area contributed by atoms with Crippen molar-refractivity contribution in [2.45, 2.75) is 398 Å². The highest BCUT2D eigenvalue weighted by molar-refractivity contribution is 6.06. The van der Waals surface area contributed by atoms with Gasteiger partial charge in [-0.05, 0) is 215 Å². The zero-order valence-electron chi connectivity index (χ0n) is 63.9. The maximum Gasteiger partial charge on any atom is 0.244 e. The van der Waals surface area contributed by atoms with Crippen molar-refractivity contribution in [3.63, 3.8) is 0 Å². The lowest BCUT2D eigenvalue weighted by Crippen LogP contribution is -2.78. The van der Waals surface area contributed by atoms with Crippen LogP contribution in [-0.2, 0) is 35.2 Å². The second-order valence-electron chi connectivity index (χ2n) is 35.6. The first kappa shape index (κ1) is 74.8. The van der Waals surface area contributed by atoms with Gasteiger partial charge in [0.2, 0.25) is 11.6 Å². The van der Waals surface area contributed by atoms with Gasteiger partial charge in [0.25, 0.3) is 0 Å². The first-order chi connectivity index (χ1) is 43.4. The van der Waals surface area contributed by atoms with Crippen LogP contribution in [0.3, 0.4) is 0 Å². The molecule has 0 radical (unpaired) electrons. The first-order valence-electron chi connectivity index (χ1n) is 39.4. The van der Waals surface area contributed by atoms with Crippen molar-refractivity contribution < 1.29 is 28.5 Å². The summed E-state index contributed by atoms with van der Waals surface area (Å²) >= 11 is 0. The highest BCUT2D eigenvalue weighted by Gasteiger charge is 2.79. The number of rotatable bonds is 36. The van der Waals surface area contributed by atoms with Gasteiger partial charge in [0, 0.05) is 39.8 Å². The van der Waals surface area contributed by atoms with E-state index in [1.165, 1.54) is 175 Å². The Kier molecular flexibility index (Phi) is 25.8. The molecule has 8 rings (SSSR count). The molecule has 0 N–H and O–H groups in total. The van der Waals surface area contributed by atoms with Crippen molar-refractivity contribution in [3.05, 3.63) is 55.7 Å². The summed E-state index contributed by atoms with van der Waals surface area (Å²) in [6.07, 6.45) is 41.0. The van der Waals surface area contributed by atoms with E-state index in [0.717, 1.165) is 162 Å². The van der Waals surface area contributed by atoms with Crippen LogP contribution in [0, 0.1) is 86.4 Å². The van der Waals surface area contributed by atoms with Gasteiger partial charge in [0.1, 0.15) is 34.2 Å². The van der Waals surface area contributed by atoms with Gasteiger partial charge in [-0.25, -0.2) is 0 Å². The lowest BCUT2D eigenvalue weighted by molar-refractivity contribution is -0.347. The molecule has 522 valence electrons. The average Bonchev–Trinajstić information content (AvgIpc) is 1.13. The van der Waals surface area contributed by atoms with Crippen LogP contribution in [0.5, 0.6) is 23.0 Å². The fraction of sp³-hybridized carbons (Fsp3) is 0.826. The molecule has 6 nitrogen and oxygen atoms in total. The SMILES string of the molecule is CC1=C(C)[C@@]23Oc4c(C)c(C)c5c(c4C[C@@]2(CC[C@@](C)(CCC[C@H](C)CCC[C@H](C)CCCC(C)C)O3)[C@@]2(Cc3c4c(c(C)c(C)c3O2)O[C@](C)(CCC[C@H](C)CCC[C@H](C)CCCC(C)C)CC4)C1=O)CC[C@@](C)(CCC[C@@H](C)CCC[C@@H](C)CCCC(C)C)O5. The summed E-state index contributed by atoms with van der Waals surface area (Å²) in [7, 11) is 0. The molecule has 1 saturated heterocycles. The van der Waals surface area contributed by atoms with Crippen LogP contribution in [0.15, 0.2) is 11.1 Å². The molecule has 92 heavy (non-hydrogen) atoms. The Balaban J connectivity index is 1.05. The summed E-state index contributed by atoms with van der Waals surface area (Å²) in [5.74, 6) is 9.84. The Morgan fingerprint density at radius 1 is 0.348 bits per heavy atom. The molecule has 2 aromatic carbocycles. The van der Waals surface area contributed by atoms with E-state index in [2.05, 4.69) is 145 Å². The summed E-state index contributed by atoms with van der Waals surface area (Å²) < 4.78 is 39.0. The highest BCUT2D eigenvalue weighted by atomic mass is 16.7. The third kappa shape index (κ3) is 16.9. The number of ketones is 1. The van der Waals surface area contributed by atoms with Crippen molar-refractivity contribution in [1.29, 1.82) is 0 Å². The van der Waals surface area contributed by atoms with Gasteiger partial charge < -0.3 is 23.7 Å². The van der Waals surface area contributed by atoms with Crippen LogP contribution >= 0.6 is 0 Å². The molecule has 6 heteroatoms. The molecule has 1 spiro atoms. The average molecular weight is 1270 g/mol. The van der Waals surface area contributed by atoms with E-state index in [4.69, 9.17) is 23.7 Å². The molecule has 1 aliphatic carbocycles. The molecule has 12 atom stereocenters. The van der Waals surface area contributed by atoms with Crippen LogP contribution < -0.4 is 18.9 Å². The Bertz CT molecular complexity index is 2800. The van der Waals surface area contributed by atoms with Crippen molar-refractivity contribution >= 4 is 5.78 Å². The van der Waals surface area contributed by atoms with E-state index < -0.39 is 22.4 Å². The number of Topliss-reactive ketones (excluding diaryl/α,β-unsaturated/α-hetero) is 1. The smallest absolute Gasteiger partial charge is 0.244 e. The van der Waals surface area contributed by atoms with Gasteiger partial charge in [0.05, 0.1) is 11.0 Å². The second kappa shape index (κ2) is 31.7. The van der Waals surface area contributed by atoms with E-state index in [-0.39, 0.29) is 17.0 Å². The molecule has 0 unspecified atom stereocenters. The molecule has 0 saturated carbocycles. The Morgan fingerprint density at radius 2 is 0.663 bits per heavy atom. The number of carbonyl (C=O) groups is 1. The molecular formula is C86H142O6. The van der Waals surface area contributed by atoms with Gasteiger partial charge >= 0.3 is 0 Å². The third-order valence-corrected chi connectivity index (χ3v) is 25.7. The molecule has 0 amide bonds. The predicted octanol–water partition coefficient (Wildman–Crippen LogP) is 24.9. The standard InChI is InChI=1S/C86H142O6/c1-57(2)31-22-34-60(7)37-25-40-63(10)43-28-48-81(19)51-46-72-74-55-84-54-53-83(21,50-30-45-65(12)42-27-39-62(9)36-24-33-59(5)6)92-86(84,91-79(74)69(16)67(14)76(72)88-81)71(18)70(17)80(87)85(84)56-75-73-47-52-82(20,89-77(73)66(13)68(15)78(75)90-85)49-29-44-64(11)41-26-38-61(8)35-23-32-58(3)4/h57-65H,22-56H2,1-21H3/t60-,61+,62+,63-,64+,65+,81+,82+,83+,84-,85+,86-/m0/s1. The number of ether oxygens (including phenoxy) is 5. The summed E-state index contributed by atoms with van der Waals surface area (Å²) in [6.45, 7) is 49.3. The zero-order chi connectivity index (χ0) is 67.1. The van der Waals surface area contributed by atoms with Crippen molar-refractivity contribution in [2.24, 2.45) is 58.7 Å². The topological polar surface area (TPSA) is 63.2 Å².